The highest BCUT2D eigenvalue weighted by molar-refractivity contribution is 7.80. The molecule has 1 atom stereocenters. The molecule has 1 fully saturated rings. The van der Waals surface area contributed by atoms with Crippen LogP contribution in [0.15, 0.2) is 30.3 Å². The zero-order valence-electron chi connectivity index (χ0n) is 12.1. The van der Waals surface area contributed by atoms with Gasteiger partial charge >= 0.3 is 0 Å². The van der Waals surface area contributed by atoms with Crippen LogP contribution in [0, 0.1) is 0 Å². The zero-order chi connectivity index (χ0) is 14.2. The molecule has 110 valence electrons. The highest BCUT2D eigenvalue weighted by Crippen LogP contribution is 1.98. The van der Waals surface area contributed by atoms with Crippen LogP contribution >= 0.6 is 12.2 Å². The van der Waals surface area contributed by atoms with Gasteiger partial charge in [-0.2, -0.15) is 0 Å². The fraction of sp³-hybridized carbons (Fsp3) is 0.533. The molecule has 1 aromatic carbocycles. The monoisotopic (exact) mass is 294 g/mol. The van der Waals surface area contributed by atoms with Crippen molar-refractivity contribution in [3.05, 3.63) is 35.9 Å². The summed E-state index contributed by atoms with van der Waals surface area (Å²) in [6.07, 6.45) is 1.02. The van der Waals surface area contributed by atoms with E-state index in [2.05, 4.69) is 40.5 Å². The summed E-state index contributed by atoms with van der Waals surface area (Å²) < 4.78 is 5.39. The van der Waals surface area contributed by atoms with Crippen LogP contribution in [0.25, 0.3) is 0 Å². The number of benzene rings is 1. The molecule has 2 rings (SSSR count). The smallest absolute Gasteiger partial charge is 0.177 e. The molecule has 1 aliphatic heterocycles. The second-order valence-corrected chi connectivity index (χ2v) is 5.43. The Kier molecular flexibility index (Phi) is 6.24. The zero-order valence-corrected chi connectivity index (χ0v) is 12.9. The van der Waals surface area contributed by atoms with Crippen LogP contribution in [-0.2, 0) is 11.3 Å². The van der Waals surface area contributed by atoms with Gasteiger partial charge in [-0.05, 0) is 25.6 Å². The predicted molar refractivity (Wildman–Crippen MR) is 84.4 cm³/mol. The molecule has 1 heterocycles. The lowest BCUT2D eigenvalue weighted by atomic mass is 10.2. The number of thiocarbonyl (C=S) groups is 1. The topological polar surface area (TPSA) is 28.9 Å². The van der Waals surface area contributed by atoms with Gasteiger partial charge in [-0.15, -0.1) is 0 Å². The minimum Gasteiger partial charge on any atom is -0.382 e. The van der Waals surface area contributed by atoms with Crippen molar-refractivity contribution in [2.24, 2.45) is 0 Å². The summed E-state index contributed by atoms with van der Waals surface area (Å²) in [5.41, 5.74) is 1.37. The first-order valence-corrected chi connectivity index (χ1v) is 7.68. The van der Waals surface area contributed by atoms with Gasteiger partial charge in [0.2, 0.25) is 0 Å². The molecule has 20 heavy (non-hydrogen) atoms. The Hall–Kier alpha value is -1.17. The van der Waals surface area contributed by atoms with Gasteiger partial charge in [0.1, 0.15) is 6.54 Å². The fourth-order valence-corrected chi connectivity index (χ4v) is 2.62. The standard InChI is InChI=1S/C15H23N3OS/c1-2-19-10-6-9-18-13-17(12-16-15(18)20)11-14-7-4-3-5-8-14/h3-5,7-8H,2,6,9-13H2,1H3,(H,16,20)/p+1. The van der Waals surface area contributed by atoms with Crippen molar-refractivity contribution < 1.29 is 9.64 Å². The molecule has 0 aliphatic carbocycles. The number of quaternary nitrogens is 1. The van der Waals surface area contributed by atoms with Gasteiger partial charge in [-0.1, -0.05) is 30.3 Å². The molecule has 1 aliphatic rings. The summed E-state index contributed by atoms with van der Waals surface area (Å²) in [4.78, 5) is 3.73. The first-order valence-electron chi connectivity index (χ1n) is 7.27. The lowest BCUT2D eigenvalue weighted by Gasteiger charge is -2.35. The third-order valence-corrected chi connectivity index (χ3v) is 3.81. The van der Waals surface area contributed by atoms with Crippen LogP contribution in [0.2, 0.25) is 0 Å². The summed E-state index contributed by atoms with van der Waals surface area (Å²) in [5.74, 6) is 0. The molecule has 0 saturated carbocycles. The average Bonchev–Trinajstić information content (AvgIpc) is 2.48. The van der Waals surface area contributed by atoms with Crippen molar-refractivity contribution in [2.75, 3.05) is 33.1 Å². The summed E-state index contributed by atoms with van der Waals surface area (Å²) in [6, 6.07) is 10.6. The van der Waals surface area contributed by atoms with Crippen molar-refractivity contribution in [1.82, 2.24) is 10.2 Å². The molecular weight excluding hydrogens is 270 g/mol. The molecule has 5 heteroatoms. The molecule has 4 nitrogen and oxygen atoms in total. The summed E-state index contributed by atoms with van der Waals surface area (Å²) in [7, 11) is 0. The maximum Gasteiger partial charge on any atom is 0.177 e. The van der Waals surface area contributed by atoms with Gasteiger partial charge in [-0.25, -0.2) is 0 Å². The van der Waals surface area contributed by atoms with Crippen molar-refractivity contribution in [1.29, 1.82) is 0 Å². The van der Waals surface area contributed by atoms with E-state index < -0.39 is 0 Å². The first-order chi connectivity index (χ1) is 9.79. The van der Waals surface area contributed by atoms with Crippen molar-refractivity contribution >= 4 is 17.3 Å². The molecule has 0 bridgehead atoms. The Bertz CT molecular complexity index is 413. The molecule has 0 radical (unpaired) electrons. The molecule has 2 N–H and O–H groups in total. The van der Waals surface area contributed by atoms with Crippen LogP contribution in [0.5, 0.6) is 0 Å². The number of ether oxygens (including phenoxy) is 1. The Labute approximate surface area is 126 Å². The van der Waals surface area contributed by atoms with Gasteiger partial charge in [0, 0.05) is 25.3 Å². The SMILES string of the molecule is CCOCCCN1C[NH+](Cc2ccccc2)CNC1=S. The Morgan fingerprint density at radius 2 is 2.15 bits per heavy atom. The quantitative estimate of drug-likeness (QED) is 0.569. The molecule has 1 unspecified atom stereocenters. The van der Waals surface area contributed by atoms with Gasteiger partial charge in [-0.3, -0.25) is 4.90 Å². The molecule has 0 spiro atoms. The number of hydrogen-bond donors (Lipinski definition) is 2. The van der Waals surface area contributed by atoms with E-state index >= 15 is 0 Å². The van der Waals surface area contributed by atoms with Crippen LogP contribution in [0.4, 0.5) is 0 Å². The molecule has 0 amide bonds. The van der Waals surface area contributed by atoms with E-state index in [1.54, 1.807) is 0 Å². The Morgan fingerprint density at radius 1 is 1.35 bits per heavy atom. The Balaban J connectivity index is 1.80. The number of nitrogens with one attached hydrogen (secondary N) is 2. The van der Waals surface area contributed by atoms with Crippen molar-refractivity contribution in [3.63, 3.8) is 0 Å². The minimum atomic E-state index is 0.786. The number of hydrogen-bond acceptors (Lipinski definition) is 2. The fourth-order valence-electron chi connectivity index (χ4n) is 2.40. The van der Waals surface area contributed by atoms with Crippen molar-refractivity contribution in [2.45, 2.75) is 19.9 Å². The Morgan fingerprint density at radius 3 is 2.90 bits per heavy atom. The van der Waals surface area contributed by atoms with Gasteiger partial charge in [0.25, 0.3) is 0 Å². The van der Waals surface area contributed by atoms with Crippen LogP contribution < -0.4 is 10.2 Å². The molecule has 1 aromatic rings. The number of rotatable bonds is 7. The third-order valence-electron chi connectivity index (χ3n) is 3.41. The van der Waals surface area contributed by atoms with Crippen LogP contribution in [0.3, 0.4) is 0 Å². The van der Waals surface area contributed by atoms with E-state index in [0.717, 1.165) is 51.2 Å². The highest BCUT2D eigenvalue weighted by Gasteiger charge is 2.22. The van der Waals surface area contributed by atoms with Crippen LogP contribution in [0.1, 0.15) is 18.9 Å². The minimum absolute atomic E-state index is 0.786. The van der Waals surface area contributed by atoms with Gasteiger partial charge < -0.3 is 15.0 Å². The van der Waals surface area contributed by atoms with Gasteiger partial charge in [0.05, 0.1) is 0 Å². The van der Waals surface area contributed by atoms with Crippen LogP contribution in [-0.4, -0.2) is 43.1 Å². The molecule has 0 aromatic heterocycles. The van der Waals surface area contributed by atoms with Gasteiger partial charge in [0.15, 0.2) is 18.4 Å². The first kappa shape index (κ1) is 15.2. The van der Waals surface area contributed by atoms with Crippen molar-refractivity contribution in [3.8, 4) is 0 Å². The van der Waals surface area contributed by atoms with E-state index in [4.69, 9.17) is 17.0 Å². The largest absolute Gasteiger partial charge is 0.382 e. The lowest BCUT2D eigenvalue weighted by molar-refractivity contribution is -0.927. The highest BCUT2D eigenvalue weighted by atomic mass is 32.1. The number of nitrogens with zero attached hydrogens (tertiary/aromatic N) is 1. The van der Waals surface area contributed by atoms with E-state index in [1.165, 1.54) is 10.5 Å². The van der Waals surface area contributed by atoms with E-state index in [-0.39, 0.29) is 0 Å². The maximum atomic E-state index is 5.39. The maximum absolute atomic E-state index is 5.39. The van der Waals surface area contributed by atoms with E-state index in [1.807, 2.05) is 6.92 Å². The molecule has 1 saturated heterocycles. The normalized spacial score (nSPS) is 18.9. The summed E-state index contributed by atoms with van der Waals surface area (Å²) in [6.45, 7) is 7.47. The lowest BCUT2D eigenvalue weighted by Crippen LogP contribution is -3.16. The molecular formula is C15H24N3OS+. The predicted octanol–water partition coefficient (Wildman–Crippen LogP) is 0.603. The second kappa shape index (κ2) is 8.19. The summed E-state index contributed by atoms with van der Waals surface area (Å²) in [5, 5.41) is 4.20. The third kappa shape index (κ3) is 4.74. The average molecular weight is 294 g/mol. The van der Waals surface area contributed by atoms with E-state index in [9.17, 15) is 0 Å². The summed E-state index contributed by atoms with van der Waals surface area (Å²) >= 11 is 5.38. The van der Waals surface area contributed by atoms with E-state index in [0.29, 0.717) is 0 Å². The second-order valence-electron chi connectivity index (χ2n) is 5.04.